The van der Waals surface area contributed by atoms with Crippen molar-refractivity contribution in [1.29, 1.82) is 5.26 Å². The molecule has 3 aliphatic heterocycles. The normalized spacial score (nSPS) is 30.7. The van der Waals surface area contributed by atoms with Crippen molar-refractivity contribution in [1.82, 2.24) is 4.98 Å². The lowest BCUT2D eigenvalue weighted by molar-refractivity contribution is -0.141. The van der Waals surface area contributed by atoms with Crippen LogP contribution in [0.5, 0.6) is 0 Å². The van der Waals surface area contributed by atoms with Gasteiger partial charge in [0.2, 0.25) is 0 Å². The molecule has 2 unspecified atom stereocenters. The fraction of sp³-hybridized carbons (Fsp3) is 0.682. The SMILES string of the molecule is CC1CCN1c1nc(N2C[C@H]3C[C@@H](C2)C3CC(=O)O)c2c(c1C#N)CCCC2. The molecule has 4 fully saturated rings. The van der Waals surface area contributed by atoms with Gasteiger partial charge in [-0.3, -0.25) is 4.79 Å². The van der Waals surface area contributed by atoms with Crippen molar-refractivity contribution in [2.45, 2.75) is 57.9 Å². The Morgan fingerprint density at radius 3 is 2.50 bits per heavy atom. The molecule has 2 bridgehead atoms. The van der Waals surface area contributed by atoms with Crippen molar-refractivity contribution in [3.05, 3.63) is 16.7 Å². The Labute approximate surface area is 166 Å². The quantitative estimate of drug-likeness (QED) is 0.865. The molecule has 0 spiro atoms. The molecular weight excluding hydrogens is 352 g/mol. The van der Waals surface area contributed by atoms with E-state index in [2.05, 4.69) is 22.8 Å². The molecule has 28 heavy (non-hydrogen) atoms. The number of aliphatic carboxylic acids is 1. The lowest BCUT2D eigenvalue weighted by atomic mass is 9.60. The lowest BCUT2D eigenvalue weighted by Gasteiger charge is -2.54. The number of carboxylic acids is 1. The second kappa shape index (κ2) is 6.65. The number of fused-ring (bicyclic) bond motifs is 3. The summed E-state index contributed by atoms with van der Waals surface area (Å²) in [6.07, 6.45) is 6.91. The van der Waals surface area contributed by atoms with Crippen molar-refractivity contribution in [2.75, 3.05) is 29.4 Å². The van der Waals surface area contributed by atoms with E-state index in [-0.39, 0.29) is 0 Å². The average Bonchev–Trinajstić information content (AvgIpc) is 2.70. The van der Waals surface area contributed by atoms with E-state index < -0.39 is 5.97 Å². The van der Waals surface area contributed by atoms with Gasteiger partial charge < -0.3 is 14.9 Å². The van der Waals surface area contributed by atoms with Crippen molar-refractivity contribution in [3.63, 3.8) is 0 Å². The first-order chi connectivity index (χ1) is 13.6. The summed E-state index contributed by atoms with van der Waals surface area (Å²) in [7, 11) is 0. The molecule has 0 amide bonds. The third-order valence-corrected chi connectivity index (χ3v) is 7.61. The van der Waals surface area contributed by atoms with Crippen LogP contribution < -0.4 is 9.80 Å². The van der Waals surface area contributed by atoms with Crippen molar-refractivity contribution >= 4 is 17.6 Å². The Bertz CT molecular complexity index is 849. The van der Waals surface area contributed by atoms with E-state index >= 15 is 0 Å². The molecular formula is C22H28N4O2. The van der Waals surface area contributed by atoms with E-state index in [1.165, 1.54) is 11.1 Å². The summed E-state index contributed by atoms with van der Waals surface area (Å²) < 4.78 is 0. The Morgan fingerprint density at radius 1 is 1.21 bits per heavy atom. The molecule has 5 aliphatic rings. The fourth-order valence-corrected chi connectivity index (χ4v) is 5.90. The standard InChI is InChI=1S/C22H28N4O2/c1-13-6-7-26(13)22-19(10-23)16-4-2-3-5-17(16)21(24-22)25-11-14-8-15(12-25)18(14)9-20(27)28/h13-15,18H,2-9,11-12H2,1H3,(H,27,28)/t13?,14-,15+,18?. The third-order valence-electron chi connectivity index (χ3n) is 7.61. The number of carbonyl (C=O) groups is 1. The van der Waals surface area contributed by atoms with Gasteiger partial charge in [-0.2, -0.15) is 5.26 Å². The average molecular weight is 380 g/mol. The fourth-order valence-electron chi connectivity index (χ4n) is 5.90. The number of anilines is 2. The number of aromatic nitrogens is 1. The van der Waals surface area contributed by atoms with Gasteiger partial charge in [0.1, 0.15) is 17.7 Å². The zero-order valence-electron chi connectivity index (χ0n) is 16.5. The largest absolute Gasteiger partial charge is 0.481 e. The van der Waals surface area contributed by atoms with Crippen LogP contribution in [-0.2, 0) is 17.6 Å². The van der Waals surface area contributed by atoms with Crippen LogP contribution in [0.25, 0.3) is 0 Å². The molecule has 0 aromatic carbocycles. The van der Waals surface area contributed by atoms with Crippen LogP contribution in [0.4, 0.5) is 11.6 Å². The summed E-state index contributed by atoms with van der Waals surface area (Å²) in [5.74, 6) is 2.58. The summed E-state index contributed by atoms with van der Waals surface area (Å²) in [6, 6.07) is 2.93. The maximum absolute atomic E-state index is 11.2. The Morgan fingerprint density at radius 2 is 1.93 bits per heavy atom. The number of nitrogens with zero attached hydrogens (tertiary/aromatic N) is 4. The van der Waals surface area contributed by atoms with Crippen LogP contribution in [0.2, 0.25) is 0 Å². The second-order valence-electron chi connectivity index (χ2n) is 9.16. The molecule has 1 saturated carbocycles. The van der Waals surface area contributed by atoms with Gasteiger partial charge >= 0.3 is 5.97 Å². The predicted molar refractivity (Wildman–Crippen MR) is 107 cm³/mol. The van der Waals surface area contributed by atoms with E-state index in [0.29, 0.717) is 30.2 Å². The number of piperidine rings is 2. The molecule has 1 aromatic heterocycles. The van der Waals surface area contributed by atoms with Crippen LogP contribution in [0.1, 0.15) is 55.7 Å². The van der Waals surface area contributed by atoms with Crippen LogP contribution in [0.15, 0.2) is 0 Å². The van der Waals surface area contributed by atoms with E-state index in [1.807, 2.05) is 0 Å². The van der Waals surface area contributed by atoms with E-state index in [1.54, 1.807) is 0 Å². The van der Waals surface area contributed by atoms with Crippen LogP contribution in [0, 0.1) is 29.1 Å². The summed E-state index contributed by atoms with van der Waals surface area (Å²) >= 11 is 0. The molecule has 6 heteroatoms. The number of carboxylic acid groups (broad SMARTS) is 1. The summed E-state index contributed by atoms with van der Waals surface area (Å²) in [4.78, 5) is 21.0. The minimum absolute atomic E-state index is 0.304. The third kappa shape index (κ3) is 2.67. The maximum Gasteiger partial charge on any atom is 0.303 e. The topological polar surface area (TPSA) is 80.5 Å². The van der Waals surface area contributed by atoms with Gasteiger partial charge in [0.05, 0.1) is 5.56 Å². The van der Waals surface area contributed by atoms with Gasteiger partial charge in [0, 0.05) is 32.1 Å². The first kappa shape index (κ1) is 17.8. The highest BCUT2D eigenvalue weighted by Crippen LogP contribution is 2.49. The molecule has 4 heterocycles. The highest BCUT2D eigenvalue weighted by atomic mass is 16.4. The highest BCUT2D eigenvalue weighted by molar-refractivity contribution is 5.69. The highest BCUT2D eigenvalue weighted by Gasteiger charge is 2.48. The zero-order valence-corrected chi connectivity index (χ0v) is 16.5. The molecule has 148 valence electrons. The second-order valence-corrected chi connectivity index (χ2v) is 9.16. The summed E-state index contributed by atoms with van der Waals surface area (Å²) in [5, 5.41) is 19.1. The molecule has 1 N–H and O–H groups in total. The molecule has 6 rings (SSSR count). The zero-order chi connectivity index (χ0) is 19.4. The van der Waals surface area contributed by atoms with Gasteiger partial charge in [-0.1, -0.05) is 0 Å². The number of nitriles is 1. The molecule has 2 aliphatic carbocycles. The van der Waals surface area contributed by atoms with E-state index in [0.717, 1.165) is 75.4 Å². The number of hydrogen-bond acceptors (Lipinski definition) is 5. The summed E-state index contributed by atoms with van der Waals surface area (Å²) in [6.45, 7) is 5.01. The van der Waals surface area contributed by atoms with Gasteiger partial charge in [-0.25, -0.2) is 4.98 Å². The maximum atomic E-state index is 11.2. The molecule has 6 nitrogen and oxygen atoms in total. The minimum atomic E-state index is -0.670. The smallest absolute Gasteiger partial charge is 0.303 e. The molecule has 1 aromatic rings. The van der Waals surface area contributed by atoms with Crippen molar-refractivity contribution in [3.8, 4) is 6.07 Å². The van der Waals surface area contributed by atoms with Crippen molar-refractivity contribution in [2.24, 2.45) is 17.8 Å². The van der Waals surface area contributed by atoms with Gasteiger partial charge in [-0.05, 0) is 74.3 Å². The van der Waals surface area contributed by atoms with Crippen LogP contribution in [-0.4, -0.2) is 41.7 Å². The lowest BCUT2D eigenvalue weighted by Crippen LogP contribution is -2.56. The van der Waals surface area contributed by atoms with Crippen LogP contribution >= 0.6 is 0 Å². The number of hydrogen-bond donors (Lipinski definition) is 1. The monoisotopic (exact) mass is 380 g/mol. The van der Waals surface area contributed by atoms with E-state index in [9.17, 15) is 15.2 Å². The van der Waals surface area contributed by atoms with Gasteiger partial charge in [0.15, 0.2) is 0 Å². The Balaban J connectivity index is 1.51. The van der Waals surface area contributed by atoms with Crippen molar-refractivity contribution < 1.29 is 9.90 Å². The molecule has 0 radical (unpaired) electrons. The predicted octanol–water partition coefficient (Wildman–Crippen LogP) is 2.98. The van der Waals surface area contributed by atoms with Crippen LogP contribution in [0.3, 0.4) is 0 Å². The van der Waals surface area contributed by atoms with Gasteiger partial charge in [0.25, 0.3) is 0 Å². The Kier molecular flexibility index (Phi) is 4.22. The summed E-state index contributed by atoms with van der Waals surface area (Å²) in [5.41, 5.74) is 3.32. The van der Waals surface area contributed by atoms with Gasteiger partial charge in [-0.15, -0.1) is 0 Å². The minimum Gasteiger partial charge on any atom is -0.481 e. The first-order valence-electron chi connectivity index (χ1n) is 10.8. The molecule has 4 atom stereocenters. The Hall–Kier alpha value is -2.29. The van der Waals surface area contributed by atoms with E-state index in [4.69, 9.17) is 4.98 Å². The molecule has 3 saturated heterocycles. The number of rotatable bonds is 4. The first-order valence-corrected chi connectivity index (χ1v) is 10.8. The number of pyridine rings is 1.